The highest BCUT2D eigenvalue weighted by atomic mass is 32.2. The number of carbonyl (C=O) groups is 2. The van der Waals surface area contributed by atoms with Gasteiger partial charge in [0.25, 0.3) is 5.91 Å². The Balaban J connectivity index is 1.69. The van der Waals surface area contributed by atoms with Gasteiger partial charge in [-0.15, -0.1) is 0 Å². The Morgan fingerprint density at radius 3 is 2.21 bits per heavy atom. The lowest BCUT2D eigenvalue weighted by atomic mass is 10.1. The highest BCUT2D eigenvalue weighted by Gasteiger charge is 2.46. The van der Waals surface area contributed by atoms with Gasteiger partial charge in [0, 0.05) is 6.54 Å². The Morgan fingerprint density at radius 1 is 0.939 bits per heavy atom. The zero-order chi connectivity index (χ0) is 23.6. The smallest absolute Gasteiger partial charge is 0.252 e. The predicted octanol–water partition coefficient (Wildman–Crippen LogP) is 3.70. The monoisotopic (exact) mass is 466 g/mol. The maximum atomic E-state index is 13.5. The van der Waals surface area contributed by atoms with Gasteiger partial charge in [-0.2, -0.15) is 4.31 Å². The molecule has 1 fully saturated rings. The van der Waals surface area contributed by atoms with Crippen LogP contribution in [-0.4, -0.2) is 37.1 Å². The van der Waals surface area contributed by atoms with Gasteiger partial charge in [-0.3, -0.25) is 9.59 Å². The van der Waals surface area contributed by atoms with Crippen LogP contribution in [0.25, 0.3) is 0 Å². The average molecular weight is 467 g/mol. The van der Waals surface area contributed by atoms with Gasteiger partial charge in [-0.25, -0.2) is 17.7 Å². The number of sulfonamides is 1. The molecule has 1 atom stereocenters. The molecule has 0 saturated carbocycles. The molecule has 1 aliphatic heterocycles. The summed E-state index contributed by atoms with van der Waals surface area (Å²) in [5.41, 5.74) is 2.27. The van der Waals surface area contributed by atoms with Crippen LogP contribution in [0, 0.1) is 12.7 Å². The van der Waals surface area contributed by atoms with E-state index in [0.717, 1.165) is 32.5 Å². The Morgan fingerprint density at radius 2 is 1.58 bits per heavy atom. The lowest BCUT2D eigenvalue weighted by Gasteiger charge is -2.27. The molecule has 3 aromatic carbocycles. The molecule has 1 saturated heterocycles. The first-order valence-corrected chi connectivity index (χ1v) is 12.0. The van der Waals surface area contributed by atoms with E-state index in [9.17, 15) is 22.4 Å². The molecular formula is C25H23FN2O4S. The number of hydrogen-bond donors (Lipinski definition) is 0. The fraction of sp³-hybridized carbons (Fsp3) is 0.200. The number of anilines is 1. The van der Waals surface area contributed by atoms with Crippen molar-refractivity contribution in [1.82, 2.24) is 4.31 Å². The second kappa shape index (κ2) is 9.25. The van der Waals surface area contributed by atoms with E-state index in [2.05, 4.69) is 0 Å². The fourth-order valence-corrected chi connectivity index (χ4v) is 5.46. The number of benzene rings is 3. The summed E-state index contributed by atoms with van der Waals surface area (Å²) in [5, 5.41) is 0. The number of rotatable bonds is 7. The molecule has 2 amide bonds. The SMILES string of the molecule is Cc1ccc(N2C(=O)CC(N(CCc3ccccc3)S(=O)(=O)c3ccc(F)cc3)C2=O)cc1. The van der Waals surface area contributed by atoms with E-state index in [4.69, 9.17) is 0 Å². The first-order valence-electron chi connectivity index (χ1n) is 10.5. The summed E-state index contributed by atoms with van der Waals surface area (Å²) in [5.74, 6) is -1.63. The lowest BCUT2D eigenvalue weighted by molar-refractivity contribution is -0.122. The van der Waals surface area contributed by atoms with Crippen molar-refractivity contribution in [2.45, 2.75) is 30.7 Å². The molecule has 0 bridgehead atoms. The van der Waals surface area contributed by atoms with Gasteiger partial charge in [0.15, 0.2) is 0 Å². The molecule has 0 aromatic heterocycles. The van der Waals surface area contributed by atoms with Gasteiger partial charge in [0.05, 0.1) is 17.0 Å². The van der Waals surface area contributed by atoms with Crippen LogP contribution in [0.5, 0.6) is 0 Å². The molecule has 33 heavy (non-hydrogen) atoms. The van der Waals surface area contributed by atoms with Crippen LogP contribution in [0.15, 0.2) is 83.8 Å². The first-order chi connectivity index (χ1) is 15.8. The van der Waals surface area contributed by atoms with E-state index in [1.807, 2.05) is 37.3 Å². The third-order valence-corrected chi connectivity index (χ3v) is 7.57. The third kappa shape index (κ3) is 4.72. The van der Waals surface area contributed by atoms with E-state index in [0.29, 0.717) is 12.1 Å². The predicted molar refractivity (Wildman–Crippen MR) is 123 cm³/mol. The van der Waals surface area contributed by atoms with Crippen LogP contribution in [0.3, 0.4) is 0 Å². The molecule has 8 heteroatoms. The first kappa shape index (κ1) is 22.8. The fourth-order valence-electron chi connectivity index (χ4n) is 3.88. The molecule has 4 rings (SSSR count). The summed E-state index contributed by atoms with van der Waals surface area (Å²) >= 11 is 0. The Bertz CT molecular complexity index is 1260. The normalized spacial score (nSPS) is 16.6. The van der Waals surface area contributed by atoms with E-state index in [-0.39, 0.29) is 17.9 Å². The molecule has 0 N–H and O–H groups in total. The summed E-state index contributed by atoms with van der Waals surface area (Å²) in [6.07, 6.45) is 0.0890. The number of hydrogen-bond acceptors (Lipinski definition) is 4. The van der Waals surface area contributed by atoms with Gasteiger partial charge in [-0.1, -0.05) is 48.0 Å². The molecule has 1 aliphatic rings. The van der Waals surface area contributed by atoms with Crippen LogP contribution in [0.1, 0.15) is 17.5 Å². The number of aryl methyl sites for hydroxylation is 1. The zero-order valence-electron chi connectivity index (χ0n) is 18.0. The second-order valence-electron chi connectivity index (χ2n) is 7.93. The van der Waals surface area contributed by atoms with E-state index in [1.165, 1.54) is 12.1 Å². The Hall–Kier alpha value is -3.36. The quantitative estimate of drug-likeness (QED) is 0.498. The van der Waals surface area contributed by atoms with Crippen LogP contribution in [0.2, 0.25) is 0 Å². The minimum Gasteiger partial charge on any atom is -0.274 e. The van der Waals surface area contributed by atoms with Gasteiger partial charge in [0.2, 0.25) is 15.9 Å². The molecule has 0 aliphatic carbocycles. The van der Waals surface area contributed by atoms with Crippen LogP contribution in [0.4, 0.5) is 10.1 Å². The number of carbonyl (C=O) groups excluding carboxylic acids is 2. The Labute approximate surface area is 192 Å². The van der Waals surface area contributed by atoms with E-state index in [1.54, 1.807) is 24.3 Å². The van der Waals surface area contributed by atoms with E-state index < -0.39 is 33.7 Å². The number of nitrogens with zero attached hydrogens (tertiary/aromatic N) is 2. The number of imide groups is 1. The summed E-state index contributed by atoms with van der Waals surface area (Å²) in [6.45, 7) is 1.88. The zero-order valence-corrected chi connectivity index (χ0v) is 18.8. The minimum atomic E-state index is -4.17. The largest absolute Gasteiger partial charge is 0.274 e. The molecular weight excluding hydrogens is 443 g/mol. The third-order valence-electron chi connectivity index (χ3n) is 5.65. The topological polar surface area (TPSA) is 74.8 Å². The summed E-state index contributed by atoms with van der Waals surface area (Å²) in [6, 6.07) is 19.4. The number of halogens is 1. The van der Waals surface area contributed by atoms with Crippen LogP contribution < -0.4 is 4.90 Å². The Kier molecular flexibility index (Phi) is 6.40. The minimum absolute atomic E-state index is 0.00481. The molecule has 1 heterocycles. The van der Waals surface area contributed by atoms with Crippen LogP contribution in [-0.2, 0) is 26.0 Å². The van der Waals surface area contributed by atoms with Crippen molar-refractivity contribution in [1.29, 1.82) is 0 Å². The average Bonchev–Trinajstić information content (AvgIpc) is 3.09. The highest BCUT2D eigenvalue weighted by Crippen LogP contribution is 2.30. The van der Waals surface area contributed by atoms with Gasteiger partial charge in [-0.05, 0) is 55.3 Å². The highest BCUT2D eigenvalue weighted by molar-refractivity contribution is 7.89. The van der Waals surface area contributed by atoms with Gasteiger partial charge in [0.1, 0.15) is 11.9 Å². The molecule has 170 valence electrons. The summed E-state index contributed by atoms with van der Waals surface area (Å²) in [4.78, 5) is 27.0. The van der Waals surface area contributed by atoms with Crippen LogP contribution >= 0.6 is 0 Å². The lowest BCUT2D eigenvalue weighted by Crippen LogP contribution is -2.46. The maximum Gasteiger partial charge on any atom is 0.252 e. The molecule has 3 aromatic rings. The number of amides is 2. The van der Waals surface area contributed by atoms with Crippen molar-refractivity contribution in [2.75, 3.05) is 11.4 Å². The van der Waals surface area contributed by atoms with Crippen molar-refractivity contribution in [2.24, 2.45) is 0 Å². The van der Waals surface area contributed by atoms with Gasteiger partial charge < -0.3 is 0 Å². The maximum absolute atomic E-state index is 13.5. The molecule has 0 radical (unpaired) electrons. The molecule has 0 spiro atoms. The van der Waals surface area contributed by atoms with E-state index >= 15 is 0 Å². The van der Waals surface area contributed by atoms with Crippen molar-refractivity contribution >= 4 is 27.5 Å². The second-order valence-corrected chi connectivity index (χ2v) is 9.82. The van der Waals surface area contributed by atoms with Crippen molar-refractivity contribution in [3.05, 3.63) is 95.8 Å². The van der Waals surface area contributed by atoms with Crippen molar-refractivity contribution in [3.8, 4) is 0 Å². The van der Waals surface area contributed by atoms with Crippen molar-refractivity contribution < 1.29 is 22.4 Å². The van der Waals surface area contributed by atoms with Gasteiger partial charge >= 0.3 is 0 Å². The summed E-state index contributed by atoms with van der Waals surface area (Å²) in [7, 11) is -4.17. The summed E-state index contributed by atoms with van der Waals surface area (Å²) < 4.78 is 41.5. The molecule has 6 nitrogen and oxygen atoms in total. The van der Waals surface area contributed by atoms with Crippen molar-refractivity contribution in [3.63, 3.8) is 0 Å². The molecule has 1 unspecified atom stereocenters. The standard InChI is InChI=1S/C25H23FN2O4S/c1-18-7-11-21(12-8-18)28-24(29)17-23(25(28)30)27(16-15-19-5-3-2-4-6-19)33(31,32)22-13-9-20(26)10-14-22/h2-14,23H,15-17H2,1H3.